The molecule has 1 saturated heterocycles. The van der Waals surface area contributed by atoms with Crippen molar-refractivity contribution in [3.05, 3.63) is 22.7 Å². The number of hydrogen-bond donors (Lipinski definition) is 0. The molecule has 1 aliphatic carbocycles. The number of amides is 1. The Hall–Kier alpha value is -2.00. The van der Waals surface area contributed by atoms with Gasteiger partial charge in [-0.1, -0.05) is 11.6 Å². The number of hydrogen-bond acceptors (Lipinski definition) is 7. The third-order valence-electron chi connectivity index (χ3n) is 4.82. The number of benzene rings is 1. The molecular weight excluding hydrogens is 398 g/mol. The second-order valence-electron chi connectivity index (χ2n) is 6.86. The average Bonchev–Trinajstić information content (AvgIpc) is 3.20. The highest BCUT2D eigenvalue weighted by Gasteiger charge is 2.42. The number of ether oxygens (including phenoxy) is 3. The largest absolute Gasteiger partial charge is 0.454 e. The van der Waals surface area contributed by atoms with Crippen molar-refractivity contribution in [3.8, 4) is 11.5 Å². The molecule has 4 rings (SSSR count). The minimum atomic E-state index is -3.11. The van der Waals surface area contributed by atoms with E-state index in [-0.39, 0.29) is 46.9 Å². The Morgan fingerprint density at radius 1 is 1.19 bits per heavy atom. The summed E-state index contributed by atoms with van der Waals surface area (Å²) in [6.45, 7) is -0.426. The van der Waals surface area contributed by atoms with Crippen LogP contribution in [0.5, 0.6) is 11.5 Å². The second kappa shape index (κ2) is 6.87. The summed E-state index contributed by atoms with van der Waals surface area (Å²) in [5, 5.41) is 0.221. The Bertz CT molecular complexity index is 897. The molecule has 1 saturated carbocycles. The summed E-state index contributed by atoms with van der Waals surface area (Å²) < 4.78 is 39.0. The average molecular weight is 416 g/mol. The van der Waals surface area contributed by atoms with Crippen LogP contribution in [0.1, 0.15) is 29.6 Å². The smallest absolute Gasteiger partial charge is 0.338 e. The SMILES string of the molecule is O=C(OCC(=O)N(C1CC1)[C@@H]1CCS(=O)(=O)C1)c1cc(Cl)c2c(c1)OCO2. The fourth-order valence-corrected chi connectivity index (χ4v) is 5.40. The van der Waals surface area contributed by atoms with Gasteiger partial charge >= 0.3 is 5.97 Å². The van der Waals surface area contributed by atoms with Crippen molar-refractivity contribution in [2.24, 2.45) is 0 Å². The van der Waals surface area contributed by atoms with Gasteiger partial charge in [-0.2, -0.15) is 0 Å². The highest BCUT2D eigenvalue weighted by Crippen LogP contribution is 2.40. The van der Waals surface area contributed by atoms with Gasteiger partial charge in [-0.15, -0.1) is 0 Å². The van der Waals surface area contributed by atoms with Crippen LogP contribution in [0.2, 0.25) is 5.02 Å². The maximum absolute atomic E-state index is 12.6. The lowest BCUT2D eigenvalue weighted by atomic mass is 10.2. The first kappa shape index (κ1) is 18.4. The van der Waals surface area contributed by atoms with Gasteiger partial charge in [-0.3, -0.25) is 4.79 Å². The maximum atomic E-state index is 12.6. The summed E-state index contributed by atoms with van der Waals surface area (Å²) >= 11 is 6.05. The van der Waals surface area contributed by atoms with Crippen molar-refractivity contribution in [1.82, 2.24) is 4.90 Å². The molecule has 0 aromatic heterocycles. The summed E-state index contributed by atoms with van der Waals surface area (Å²) in [5.74, 6) is -0.314. The van der Waals surface area contributed by atoms with E-state index in [1.165, 1.54) is 12.1 Å². The number of carbonyl (C=O) groups excluding carboxylic acids is 2. The first-order valence-electron chi connectivity index (χ1n) is 8.62. The molecule has 3 aliphatic rings. The standard InChI is InChI=1S/C17H18ClNO7S/c18-13-5-10(6-14-16(13)26-9-25-14)17(21)24-7-15(20)19(11-1-2-11)12-3-4-27(22,23)8-12/h5-6,11-12H,1-4,7-9H2/t12-/m1/s1. The summed E-state index contributed by atoms with van der Waals surface area (Å²) in [4.78, 5) is 26.5. The predicted octanol–water partition coefficient (Wildman–Crippen LogP) is 1.40. The maximum Gasteiger partial charge on any atom is 0.338 e. The topological polar surface area (TPSA) is 99.2 Å². The predicted molar refractivity (Wildman–Crippen MR) is 94.8 cm³/mol. The van der Waals surface area contributed by atoms with Gasteiger partial charge in [0, 0.05) is 12.1 Å². The minimum Gasteiger partial charge on any atom is -0.454 e. The van der Waals surface area contributed by atoms with Gasteiger partial charge in [0.05, 0.1) is 22.1 Å². The van der Waals surface area contributed by atoms with Crippen molar-refractivity contribution in [2.75, 3.05) is 24.9 Å². The van der Waals surface area contributed by atoms with Gasteiger partial charge in [-0.05, 0) is 31.4 Å². The molecule has 1 aromatic carbocycles. The quantitative estimate of drug-likeness (QED) is 0.670. The molecule has 0 unspecified atom stereocenters. The van der Waals surface area contributed by atoms with Crippen molar-refractivity contribution in [3.63, 3.8) is 0 Å². The van der Waals surface area contributed by atoms with Crippen molar-refractivity contribution >= 4 is 33.3 Å². The molecule has 2 fully saturated rings. The summed E-state index contributed by atoms with van der Waals surface area (Å²) in [7, 11) is -3.11. The second-order valence-corrected chi connectivity index (χ2v) is 9.49. The molecular formula is C17H18ClNO7S. The van der Waals surface area contributed by atoms with Gasteiger partial charge in [-0.25, -0.2) is 13.2 Å². The van der Waals surface area contributed by atoms with E-state index in [1.807, 2.05) is 0 Å². The molecule has 8 nitrogen and oxygen atoms in total. The number of halogens is 1. The van der Waals surface area contributed by atoms with Crippen molar-refractivity contribution in [1.29, 1.82) is 0 Å². The van der Waals surface area contributed by atoms with E-state index in [0.717, 1.165) is 12.8 Å². The van der Waals surface area contributed by atoms with E-state index in [9.17, 15) is 18.0 Å². The molecule has 146 valence electrons. The number of nitrogens with zero attached hydrogens (tertiary/aromatic N) is 1. The highest BCUT2D eigenvalue weighted by molar-refractivity contribution is 7.91. The zero-order chi connectivity index (χ0) is 19.2. The van der Waals surface area contributed by atoms with E-state index < -0.39 is 22.4 Å². The van der Waals surface area contributed by atoms with Crippen LogP contribution in [0.15, 0.2) is 12.1 Å². The number of rotatable bonds is 5. The highest BCUT2D eigenvalue weighted by atomic mass is 35.5. The van der Waals surface area contributed by atoms with Crippen LogP contribution >= 0.6 is 11.6 Å². The molecule has 1 atom stereocenters. The van der Waals surface area contributed by atoms with Crippen molar-refractivity contribution < 1.29 is 32.2 Å². The molecule has 2 heterocycles. The van der Waals surface area contributed by atoms with E-state index in [1.54, 1.807) is 4.90 Å². The van der Waals surface area contributed by atoms with Gasteiger partial charge in [0.2, 0.25) is 6.79 Å². The molecule has 0 radical (unpaired) electrons. The summed E-state index contributed by atoms with van der Waals surface area (Å²) in [6.07, 6.45) is 2.11. The molecule has 27 heavy (non-hydrogen) atoms. The lowest BCUT2D eigenvalue weighted by Gasteiger charge is -2.28. The van der Waals surface area contributed by atoms with Crippen LogP contribution in [-0.4, -0.2) is 62.2 Å². The van der Waals surface area contributed by atoms with Crippen LogP contribution in [0.25, 0.3) is 0 Å². The van der Waals surface area contributed by atoms with Crippen LogP contribution in [0.3, 0.4) is 0 Å². The molecule has 10 heteroatoms. The Morgan fingerprint density at radius 3 is 2.63 bits per heavy atom. The summed E-state index contributed by atoms with van der Waals surface area (Å²) in [6, 6.07) is 2.54. The zero-order valence-electron chi connectivity index (χ0n) is 14.4. The van der Waals surface area contributed by atoms with Crippen molar-refractivity contribution in [2.45, 2.75) is 31.3 Å². The third kappa shape index (κ3) is 3.84. The first-order valence-corrected chi connectivity index (χ1v) is 10.8. The first-order chi connectivity index (χ1) is 12.8. The number of esters is 1. The van der Waals surface area contributed by atoms with Gasteiger partial charge < -0.3 is 19.1 Å². The van der Waals surface area contributed by atoms with Gasteiger partial charge in [0.25, 0.3) is 5.91 Å². The Kier molecular flexibility index (Phi) is 4.67. The molecule has 0 N–H and O–H groups in total. The fourth-order valence-electron chi connectivity index (χ4n) is 3.42. The Morgan fingerprint density at radius 2 is 1.96 bits per heavy atom. The van der Waals surface area contributed by atoms with Crippen LogP contribution in [0.4, 0.5) is 0 Å². The van der Waals surface area contributed by atoms with Crippen LogP contribution < -0.4 is 9.47 Å². The molecule has 0 spiro atoms. The molecule has 1 aromatic rings. The molecule has 1 amide bonds. The molecule has 2 aliphatic heterocycles. The van der Waals surface area contributed by atoms with Crippen LogP contribution in [0, 0.1) is 0 Å². The van der Waals surface area contributed by atoms with Crippen LogP contribution in [-0.2, 0) is 19.4 Å². The fraction of sp³-hybridized carbons (Fsp3) is 0.529. The third-order valence-corrected chi connectivity index (χ3v) is 6.85. The van der Waals surface area contributed by atoms with Gasteiger partial charge in [0.15, 0.2) is 27.9 Å². The number of carbonyl (C=O) groups is 2. The van der Waals surface area contributed by atoms with Gasteiger partial charge in [0.1, 0.15) is 0 Å². The van der Waals surface area contributed by atoms with E-state index >= 15 is 0 Å². The zero-order valence-corrected chi connectivity index (χ0v) is 15.9. The lowest BCUT2D eigenvalue weighted by Crippen LogP contribution is -2.44. The minimum absolute atomic E-state index is 0.0205. The lowest BCUT2D eigenvalue weighted by molar-refractivity contribution is -0.137. The Labute approximate surface area is 161 Å². The molecule has 0 bridgehead atoms. The monoisotopic (exact) mass is 415 g/mol. The summed E-state index contributed by atoms with van der Waals surface area (Å²) in [5.41, 5.74) is 0.151. The number of sulfone groups is 1. The Balaban J connectivity index is 1.41. The van der Waals surface area contributed by atoms with E-state index in [2.05, 4.69) is 0 Å². The normalized spacial score (nSPS) is 22.5. The number of fused-ring (bicyclic) bond motifs is 1. The van der Waals surface area contributed by atoms with E-state index in [4.69, 9.17) is 25.8 Å². The van der Waals surface area contributed by atoms with E-state index in [0.29, 0.717) is 17.9 Å².